The third-order valence-corrected chi connectivity index (χ3v) is 19.6. The Hall–Kier alpha value is -9.85. The molecule has 0 aliphatic heterocycles. The fraction of sp³-hybridized carbons (Fsp3) is 0.580. The van der Waals surface area contributed by atoms with Crippen LogP contribution in [0.3, 0.4) is 0 Å². The van der Waals surface area contributed by atoms with E-state index in [1.54, 1.807) is 0 Å². The number of benzene rings is 2. The molecule has 2 aromatic carbocycles. The first-order chi connectivity index (χ1) is 49.6. The third kappa shape index (κ3) is 27.9. The van der Waals surface area contributed by atoms with Crippen LogP contribution in [-0.2, 0) is 84.8 Å². The van der Waals surface area contributed by atoms with Gasteiger partial charge in [-0.1, -0.05) is 35.0 Å². The maximum Gasteiger partial charge on any atom is 0.246 e. The minimum atomic E-state index is -1.62. The number of primary amides is 4. The van der Waals surface area contributed by atoms with E-state index in [1.165, 1.54) is 70.8 Å². The Morgan fingerprint density at radius 2 is 0.981 bits per heavy atom. The second-order valence-electron chi connectivity index (χ2n) is 27.4. The van der Waals surface area contributed by atoms with Gasteiger partial charge in [-0.2, -0.15) is 0 Å². The van der Waals surface area contributed by atoms with Crippen molar-refractivity contribution in [2.45, 2.75) is 114 Å². The number of hydrogen-bond donors (Lipinski definition) is 8. The van der Waals surface area contributed by atoms with E-state index in [4.69, 9.17) is 27.8 Å². The van der Waals surface area contributed by atoms with Crippen molar-refractivity contribution in [3.63, 3.8) is 0 Å². The van der Waals surface area contributed by atoms with E-state index >= 15 is 0 Å². The van der Waals surface area contributed by atoms with Crippen molar-refractivity contribution in [3.05, 3.63) is 71.3 Å². The number of fused-ring (bicyclic) bond motifs is 5. The molecule has 7 amide bonds. The number of anilines is 2. The van der Waals surface area contributed by atoms with E-state index in [0.29, 0.717) is 53.4 Å². The number of aliphatic carboxylic acids is 6. The molecule has 3 fully saturated rings. The molecular formula is C69H92N14O22-6. The van der Waals surface area contributed by atoms with Gasteiger partial charge in [-0.3, -0.25) is 67.8 Å². The first kappa shape index (κ1) is 84.1. The van der Waals surface area contributed by atoms with Crippen molar-refractivity contribution in [2.75, 3.05) is 122 Å². The van der Waals surface area contributed by atoms with E-state index in [0.717, 1.165) is 58.1 Å². The molecule has 3 saturated carbocycles. The van der Waals surface area contributed by atoms with E-state index in [-0.39, 0.29) is 101 Å². The average Bonchev–Trinajstić information content (AvgIpc) is 1.64. The second-order valence-corrected chi connectivity index (χ2v) is 27.4. The monoisotopic (exact) mass is 1470 g/mol. The summed E-state index contributed by atoms with van der Waals surface area (Å²) in [6.07, 6.45) is 7.22. The van der Waals surface area contributed by atoms with Gasteiger partial charge in [0.2, 0.25) is 41.4 Å². The molecule has 6 rings (SSSR count). The van der Waals surface area contributed by atoms with Crippen LogP contribution in [0.5, 0.6) is 0 Å². The lowest BCUT2D eigenvalue weighted by Crippen LogP contribution is -2.54. The Balaban J connectivity index is 1.18. The van der Waals surface area contributed by atoms with Crippen molar-refractivity contribution >= 4 is 100 Å². The normalized spacial score (nSPS) is 20.2. The Morgan fingerprint density at radius 3 is 1.44 bits per heavy atom. The zero-order chi connectivity index (χ0) is 77.2. The van der Waals surface area contributed by atoms with Gasteiger partial charge in [0.05, 0.1) is 74.1 Å². The molecule has 0 spiro atoms. The van der Waals surface area contributed by atoms with Crippen LogP contribution in [0.4, 0.5) is 11.4 Å². The van der Waals surface area contributed by atoms with Gasteiger partial charge >= 0.3 is 0 Å². The first-order valence-electron chi connectivity index (χ1n) is 34.5. The number of carboxylic acid groups (broad SMARTS) is 6. The summed E-state index contributed by atoms with van der Waals surface area (Å²) in [5, 5.41) is 94.5. The van der Waals surface area contributed by atoms with Crippen molar-refractivity contribution in [1.82, 2.24) is 34.7 Å². The topological polar surface area (TPSA) is 579 Å². The summed E-state index contributed by atoms with van der Waals surface area (Å²) in [7, 11) is 0. The number of nitrogens with one attached hydrogen (secondary N) is 3. The zero-order valence-electron chi connectivity index (χ0n) is 58.5. The quantitative estimate of drug-likeness (QED) is 0.0225. The molecule has 12 N–H and O–H groups in total. The molecule has 0 radical (unpaired) electrons. The number of nitrogens with two attached hydrogens (primary N) is 4. The fourth-order valence-electron chi connectivity index (χ4n) is 15.1. The van der Waals surface area contributed by atoms with Gasteiger partial charge in [0.25, 0.3) is 0 Å². The van der Waals surface area contributed by atoms with Crippen LogP contribution >= 0.6 is 0 Å². The van der Waals surface area contributed by atoms with Crippen molar-refractivity contribution in [2.24, 2.45) is 57.7 Å². The van der Waals surface area contributed by atoms with Crippen LogP contribution < -0.4 is 69.5 Å². The molecule has 0 aromatic heterocycles. The standard InChI is InChI=1S/C69H98N14O22/c1-41(84)69(104)20-18-53-52-12-6-44-28-47(11-13-50(44)51(52)14-15-54(53)69)77-105-25-19-61(90)76-55(68(103)75-46-9-4-43(5-10-46)27-49(83(34-59(73)88)40-67(101)102)30-79(36-63(93)94)22-24-81(32-57(71)86)38-65(97)98)16-17-60(89)74-45-7-2-42(3-8-45)26-48(82(33-58(72)87)39-66(99)100)29-78(35-62(91)92)21-23-80(31-56(70)85)37-64(95)96/h2-5,7-10,28,48-55,104H,6,11-27,29-40H2,1H3,(H2,70,85)(H2,71,86)(H2,72,87)(H2,73,88)(H,74,89)(H,75,103)(H,76,90)(H,91,92)(H,93,94)(H,95,96)(H,97,98)(H,99,100)(H,101,102)/p-6/b77-47-. The van der Waals surface area contributed by atoms with Gasteiger partial charge in [-0.15, -0.1) is 0 Å². The molecule has 0 bridgehead atoms. The molecule has 105 heavy (non-hydrogen) atoms. The molecule has 576 valence electrons. The lowest BCUT2D eigenvalue weighted by molar-refractivity contribution is -0.308. The van der Waals surface area contributed by atoms with Gasteiger partial charge in [0, 0.05) is 108 Å². The number of allylic oxidation sites excluding steroid dienone is 2. The van der Waals surface area contributed by atoms with Crippen LogP contribution in [0.1, 0.15) is 88.7 Å². The SMILES string of the molecule is CC(=O)C1(O)CCC2C3CCC4=C/C(=N\OCCC(=O)NC(CCC(=O)Nc5ccc(CC(CN(CCN(CC(N)=O)CC(=O)[O-])CC(=O)[O-])N(CC(N)=O)CC(=O)[O-])cc5)C(=O)Nc5ccc(CC(CN(CCN(CC(N)=O)CC(=O)[O-])CC(=O)[O-])N(CC(N)=O)CC(=O)[O-])cc5)CCC4C3CCC21. The van der Waals surface area contributed by atoms with Crippen molar-refractivity contribution < 1.29 is 108 Å². The third-order valence-electron chi connectivity index (χ3n) is 19.6. The lowest BCUT2D eigenvalue weighted by Gasteiger charge is -2.50. The summed E-state index contributed by atoms with van der Waals surface area (Å²) >= 11 is 0. The largest absolute Gasteiger partial charge is 0.549 e. The summed E-state index contributed by atoms with van der Waals surface area (Å²) in [6, 6.07) is 8.53. The predicted molar refractivity (Wildman–Crippen MR) is 358 cm³/mol. The number of nitrogens with zero attached hydrogens (tertiary/aromatic N) is 7. The van der Waals surface area contributed by atoms with Gasteiger partial charge in [-0.05, 0) is 149 Å². The predicted octanol–water partition coefficient (Wildman–Crippen LogP) is -10.1. The van der Waals surface area contributed by atoms with Crippen LogP contribution in [0.2, 0.25) is 0 Å². The first-order valence-corrected chi connectivity index (χ1v) is 34.5. The molecule has 0 saturated heterocycles. The van der Waals surface area contributed by atoms with Gasteiger partial charge in [0.1, 0.15) is 18.2 Å². The number of rotatable bonds is 48. The molecule has 36 nitrogen and oxygen atoms in total. The van der Waals surface area contributed by atoms with Crippen LogP contribution in [0.15, 0.2) is 65.3 Å². The Labute approximate surface area is 605 Å². The number of aliphatic hydroxyl groups is 1. The van der Waals surface area contributed by atoms with E-state index in [1.807, 2.05) is 0 Å². The zero-order valence-corrected chi connectivity index (χ0v) is 58.5. The summed E-state index contributed by atoms with van der Waals surface area (Å²) in [5.74, 6) is -14.0. The summed E-state index contributed by atoms with van der Waals surface area (Å²) in [4.78, 5) is 186. The highest BCUT2D eigenvalue weighted by Gasteiger charge is 2.57. The number of amides is 7. The Morgan fingerprint density at radius 1 is 0.524 bits per heavy atom. The van der Waals surface area contributed by atoms with E-state index in [9.17, 15) is 103 Å². The van der Waals surface area contributed by atoms with Gasteiger partial charge < -0.3 is 108 Å². The number of carbonyl (C=O) groups is 14. The smallest absolute Gasteiger partial charge is 0.246 e. The summed E-state index contributed by atoms with van der Waals surface area (Å²) < 4.78 is 0. The molecule has 4 aliphatic rings. The molecule has 36 heteroatoms. The number of ketones is 1. The van der Waals surface area contributed by atoms with Gasteiger partial charge in [0.15, 0.2) is 5.78 Å². The highest BCUT2D eigenvalue weighted by molar-refractivity contribution is 5.98. The minimum Gasteiger partial charge on any atom is -0.549 e. The van der Waals surface area contributed by atoms with Crippen molar-refractivity contribution in [1.29, 1.82) is 0 Å². The number of carboxylic acids is 6. The molecule has 2 aromatic rings. The van der Waals surface area contributed by atoms with Crippen molar-refractivity contribution in [3.8, 4) is 0 Å². The Bertz CT molecular complexity index is 3460. The van der Waals surface area contributed by atoms with Crippen LogP contribution in [0.25, 0.3) is 0 Å². The number of hydrogen-bond acceptors (Lipinski definition) is 29. The highest BCUT2D eigenvalue weighted by Crippen LogP contribution is 2.59. The van der Waals surface area contributed by atoms with Crippen LogP contribution in [0, 0.1) is 29.6 Å². The number of Topliss-reactive ketones (excluding diaryl/α,β-unsaturated/α-hetero) is 1. The highest BCUT2D eigenvalue weighted by atomic mass is 16.6. The fourth-order valence-corrected chi connectivity index (χ4v) is 15.1. The Kier molecular flexibility index (Phi) is 32.4. The summed E-state index contributed by atoms with van der Waals surface area (Å²) in [5.41, 5.74) is 23.6. The molecule has 9 unspecified atom stereocenters. The number of carbonyl (C=O) groups excluding carboxylic acids is 14. The maximum absolute atomic E-state index is 14.3. The average molecular weight is 1470 g/mol. The molecule has 0 heterocycles. The van der Waals surface area contributed by atoms with Crippen LogP contribution in [-0.4, -0.2) is 258 Å². The molecule has 4 aliphatic carbocycles. The van der Waals surface area contributed by atoms with Gasteiger partial charge in [-0.25, -0.2) is 0 Å². The lowest BCUT2D eigenvalue weighted by atomic mass is 9.55. The summed E-state index contributed by atoms with van der Waals surface area (Å²) in [6.45, 7) is -7.29. The molecule has 9 atom stereocenters. The number of oxime groups is 1. The van der Waals surface area contributed by atoms with E-state index < -0.39 is 166 Å². The molecular weight excluding hydrogens is 1380 g/mol. The second kappa shape index (κ2) is 40.4. The minimum absolute atomic E-state index is 0.0214. The van der Waals surface area contributed by atoms with E-state index in [2.05, 4.69) is 27.2 Å². The maximum atomic E-state index is 14.3.